The molecule has 0 aliphatic carbocycles. The first-order chi connectivity index (χ1) is 14.7. The zero-order valence-corrected chi connectivity index (χ0v) is 20.2. The fourth-order valence-corrected chi connectivity index (χ4v) is 6.50. The van der Waals surface area contributed by atoms with Crippen LogP contribution in [0.5, 0.6) is 0 Å². The van der Waals surface area contributed by atoms with Crippen LogP contribution in [0.2, 0.25) is 0 Å². The highest BCUT2D eigenvalue weighted by molar-refractivity contribution is 7.99. The van der Waals surface area contributed by atoms with E-state index in [0.29, 0.717) is 18.1 Å². The number of rotatable bonds is 9. The van der Waals surface area contributed by atoms with Crippen LogP contribution in [0.3, 0.4) is 0 Å². The predicted octanol–water partition coefficient (Wildman–Crippen LogP) is 2.08. The largest absolute Gasteiger partial charge is 0.341 e. The molecule has 3 rings (SSSR count). The molecule has 1 amide bonds. The van der Waals surface area contributed by atoms with Crippen LogP contribution in [0.25, 0.3) is 0 Å². The first kappa shape index (κ1) is 23.7. The number of benzene rings is 1. The van der Waals surface area contributed by atoms with Gasteiger partial charge in [-0.15, -0.1) is 10.2 Å². The molecule has 1 fully saturated rings. The van der Waals surface area contributed by atoms with Crippen molar-refractivity contribution < 1.29 is 13.2 Å². The summed E-state index contributed by atoms with van der Waals surface area (Å²) in [6.07, 6.45) is 1.40. The quantitative estimate of drug-likeness (QED) is 0.524. The average Bonchev–Trinajstić information content (AvgIpc) is 3.29. The maximum Gasteiger partial charge on any atom is 0.233 e. The summed E-state index contributed by atoms with van der Waals surface area (Å²) in [5.74, 6) is 1.18. The monoisotopic (exact) mass is 465 g/mol. The van der Waals surface area contributed by atoms with Gasteiger partial charge >= 0.3 is 0 Å². The van der Waals surface area contributed by atoms with Crippen molar-refractivity contribution in [2.75, 3.05) is 38.4 Å². The summed E-state index contributed by atoms with van der Waals surface area (Å²) in [5, 5.41) is 9.56. The van der Waals surface area contributed by atoms with Gasteiger partial charge in [-0.2, -0.15) is 0 Å². The van der Waals surface area contributed by atoms with Gasteiger partial charge in [-0.05, 0) is 32.5 Å². The molecule has 31 heavy (non-hydrogen) atoms. The van der Waals surface area contributed by atoms with Crippen molar-refractivity contribution in [2.45, 2.75) is 43.6 Å². The zero-order valence-electron chi connectivity index (χ0n) is 18.6. The average molecular weight is 466 g/mol. The van der Waals surface area contributed by atoms with Crippen molar-refractivity contribution >= 4 is 27.5 Å². The van der Waals surface area contributed by atoms with E-state index in [0.717, 1.165) is 17.8 Å². The molecule has 170 valence electrons. The Kier molecular flexibility index (Phi) is 7.77. The van der Waals surface area contributed by atoms with Gasteiger partial charge in [-0.25, -0.2) is 8.42 Å². The molecule has 1 saturated heterocycles. The van der Waals surface area contributed by atoms with E-state index in [1.165, 1.54) is 11.8 Å². The van der Waals surface area contributed by atoms with Crippen LogP contribution in [0.15, 0.2) is 35.5 Å². The molecule has 0 saturated carbocycles. The second-order valence-corrected chi connectivity index (χ2v) is 11.3. The summed E-state index contributed by atoms with van der Waals surface area (Å²) in [6.45, 7) is 2.74. The molecule has 10 heteroatoms. The van der Waals surface area contributed by atoms with Gasteiger partial charge in [-0.3, -0.25) is 9.69 Å². The molecule has 1 aromatic carbocycles. The highest BCUT2D eigenvalue weighted by atomic mass is 32.2. The van der Waals surface area contributed by atoms with Crippen molar-refractivity contribution in [3.63, 3.8) is 0 Å². The maximum atomic E-state index is 12.7. The Balaban J connectivity index is 1.77. The van der Waals surface area contributed by atoms with E-state index in [2.05, 4.69) is 38.7 Å². The lowest BCUT2D eigenvalue weighted by Gasteiger charge is -2.24. The van der Waals surface area contributed by atoms with E-state index in [-0.39, 0.29) is 35.2 Å². The number of carbonyl (C=O) groups is 1. The molecular weight excluding hydrogens is 434 g/mol. The van der Waals surface area contributed by atoms with Crippen LogP contribution < -0.4 is 0 Å². The Morgan fingerprint density at radius 1 is 1.23 bits per heavy atom. The van der Waals surface area contributed by atoms with Crippen LogP contribution in [0.4, 0.5) is 0 Å². The molecule has 1 aliphatic heterocycles. The van der Waals surface area contributed by atoms with E-state index >= 15 is 0 Å². The van der Waals surface area contributed by atoms with Gasteiger partial charge in [0.1, 0.15) is 0 Å². The second kappa shape index (κ2) is 10.1. The first-order valence-corrected chi connectivity index (χ1v) is 13.2. The molecule has 1 aliphatic rings. The molecule has 2 atom stereocenters. The summed E-state index contributed by atoms with van der Waals surface area (Å²) in [6, 6.07) is 10.00. The lowest BCUT2D eigenvalue weighted by atomic mass is 10.2. The van der Waals surface area contributed by atoms with E-state index in [9.17, 15) is 13.2 Å². The third-order valence-electron chi connectivity index (χ3n) is 5.71. The SMILES string of the molecule is CCC(c1nnc(SCC(=O)N(C)C2CCS(=O)(=O)C2)n1Cc1ccccc1)N(C)C. The maximum absolute atomic E-state index is 12.7. The number of nitrogens with zero attached hydrogens (tertiary/aromatic N) is 5. The van der Waals surface area contributed by atoms with Crippen molar-refractivity contribution in [1.82, 2.24) is 24.6 Å². The van der Waals surface area contributed by atoms with Crippen molar-refractivity contribution in [1.29, 1.82) is 0 Å². The van der Waals surface area contributed by atoms with Gasteiger partial charge in [0.25, 0.3) is 0 Å². The van der Waals surface area contributed by atoms with Gasteiger partial charge in [0, 0.05) is 13.1 Å². The third-order valence-corrected chi connectivity index (χ3v) is 8.41. The van der Waals surface area contributed by atoms with Crippen molar-refractivity contribution in [3.05, 3.63) is 41.7 Å². The smallest absolute Gasteiger partial charge is 0.233 e. The molecule has 0 N–H and O–H groups in total. The number of aromatic nitrogens is 3. The first-order valence-electron chi connectivity index (χ1n) is 10.4. The van der Waals surface area contributed by atoms with Gasteiger partial charge < -0.3 is 9.47 Å². The molecule has 0 bridgehead atoms. The third kappa shape index (κ3) is 5.87. The highest BCUT2D eigenvalue weighted by Crippen LogP contribution is 2.27. The Hall–Kier alpha value is -1.91. The van der Waals surface area contributed by atoms with Crippen LogP contribution in [-0.4, -0.2) is 83.3 Å². The lowest BCUT2D eigenvalue weighted by Crippen LogP contribution is -2.38. The van der Waals surface area contributed by atoms with Crippen molar-refractivity contribution in [3.8, 4) is 0 Å². The second-order valence-electron chi connectivity index (χ2n) is 8.15. The summed E-state index contributed by atoms with van der Waals surface area (Å²) >= 11 is 1.35. The fraction of sp³-hybridized carbons (Fsp3) is 0.571. The molecule has 2 unspecified atom stereocenters. The summed E-state index contributed by atoms with van der Waals surface area (Å²) in [5.41, 5.74) is 1.14. The van der Waals surface area contributed by atoms with Crippen molar-refractivity contribution in [2.24, 2.45) is 0 Å². The van der Waals surface area contributed by atoms with E-state index in [1.54, 1.807) is 11.9 Å². The highest BCUT2D eigenvalue weighted by Gasteiger charge is 2.33. The Bertz CT molecular complexity index is 992. The van der Waals surface area contributed by atoms with Gasteiger partial charge in [0.15, 0.2) is 20.8 Å². The molecular formula is C21H31N5O3S2. The van der Waals surface area contributed by atoms with E-state index in [4.69, 9.17) is 0 Å². The lowest BCUT2D eigenvalue weighted by molar-refractivity contribution is -0.128. The Morgan fingerprint density at radius 2 is 1.94 bits per heavy atom. The molecule has 1 aromatic heterocycles. The van der Waals surface area contributed by atoms with Gasteiger partial charge in [0.05, 0.1) is 29.8 Å². The predicted molar refractivity (Wildman–Crippen MR) is 123 cm³/mol. The Labute approximate surface area is 188 Å². The summed E-state index contributed by atoms with van der Waals surface area (Å²) in [7, 11) is 2.71. The van der Waals surface area contributed by atoms with E-state index < -0.39 is 9.84 Å². The van der Waals surface area contributed by atoms with Crippen LogP contribution >= 0.6 is 11.8 Å². The minimum absolute atomic E-state index is 0.0509. The summed E-state index contributed by atoms with van der Waals surface area (Å²) < 4.78 is 25.6. The zero-order chi connectivity index (χ0) is 22.6. The normalized spacial score (nSPS) is 18.9. The van der Waals surface area contributed by atoms with Gasteiger partial charge in [0.2, 0.25) is 5.91 Å². The molecule has 8 nitrogen and oxygen atoms in total. The number of amides is 1. The molecule has 0 radical (unpaired) electrons. The Morgan fingerprint density at radius 3 is 2.52 bits per heavy atom. The number of thioether (sulfide) groups is 1. The van der Waals surface area contributed by atoms with Gasteiger partial charge in [-0.1, -0.05) is 49.0 Å². The minimum atomic E-state index is -3.03. The minimum Gasteiger partial charge on any atom is -0.341 e. The molecule has 0 spiro atoms. The van der Waals surface area contributed by atoms with Crippen LogP contribution in [-0.2, 0) is 21.2 Å². The summed E-state index contributed by atoms with van der Waals surface area (Å²) in [4.78, 5) is 16.4. The topological polar surface area (TPSA) is 88.4 Å². The number of carbonyl (C=O) groups excluding carboxylic acids is 1. The number of hydrogen-bond donors (Lipinski definition) is 0. The number of sulfone groups is 1. The van der Waals surface area contributed by atoms with Crippen LogP contribution in [0.1, 0.15) is 37.2 Å². The number of hydrogen-bond acceptors (Lipinski definition) is 7. The van der Waals surface area contributed by atoms with Crippen LogP contribution in [0, 0.1) is 0 Å². The fourth-order valence-electron chi connectivity index (χ4n) is 3.86. The molecule has 2 aromatic rings. The van der Waals surface area contributed by atoms with E-state index in [1.807, 2.05) is 32.3 Å². The standard InChI is InChI=1S/C21H31N5O3S2/c1-5-18(24(2)3)20-22-23-21(26(20)13-16-9-7-6-8-10-16)30-14-19(27)25(4)17-11-12-31(28,29)15-17/h6-10,17-18H,5,11-15H2,1-4H3. The molecule has 2 heterocycles.